The highest BCUT2D eigenvalue weighted by atomic mass is 19.3. The number of hydrogen-bond acceptors (Lipinski definition) is 6. The first kappa shape index (κ1) is 19.3. The van der Waals surface area contributed by atoms with E-state index in [0.717, 1.165) is 22.3 Å². The highest BCUT2D eigenvalue weighted by Crippen LogP contribution is 2.36. The predicted octanol–water partition coefficient (Wildman–Crippen LogP) is 3.88. The summed E-state index contributed by atoms with van der Waals surface area (Å²) in [7, 11) is 1.79. The number of pyridine rings is 1. The number of aryl methyl sites for hydroxylation is 1. The lowest BCUT2D eigenvalue weighted by Crippen LogP contribution is -2.24. The van der Waals surface area contributed by atoms with Crippen molar-refractivity contribution in [2.75, 3.05) is 4.90 Å². The maximum absolute atomic E-state index is 13.4. The molecule has 0 bridgehead atoms. The van der Waals surface area contributed by atoms with Gasteiger partial charge in [-0.15, -0.1) is 10.2 Å². The van der Waals surface area contributed by atoms with E-state index in [1.165, 1.54) is 0 Å². The van der Waals surface area contributed by atoms with E-state index in [9.17, 15) is 13.6 Å². The van der Waals surface area contributed by atoms with Crippen LogP contribution in [0.2, 0.25) is 0 Å². The minimum absolute atomic E-state index is 0.0664. The molecule has 164 valence electrons. The van der Waals surface area contributed by atoms with Crippen molar-refractivity contribution in [3.05, 3.63) is 71.9 Å². The summed E-state index contributed by atoms with van der Waals surface area (Å²) in [6.45, 7) is 0.319. The first-order valence-electron chi connectivity index (χ1n) is 10.0. The van der Waals surface area contributed by atoms with E-state index in [1.807, 2.05) is 30.5 Å². The van der Waals surface area contributed by atoms with Crippen LogP contribution < -0.4 is 4.90 Å². The molecule has 11 heteroatoms. The Kier molecular flexibility index (Phi) is 4.12. The number of halogens is 2. The zero-order valence-corrected chi connectivity index (χ0v) is 17.2. The SMILES string of the molecule is Cn1cc(-c2cccc3ccnn23)c(N2Cc3ccc(-c4nnc(C(F)F)o4)cc3C2=O)n1. The Bertz CT molecular complexity index is 1530. The summed E-state index contributed by atoms with van der Waals surface area (Å²) in [6.07, 6.45) is 0.696. The molecule has 0 unspecified atom stereocenters. The summed E-state index contributed by atoms with van der Waals surface area (Å²) in [5.74, 6) is -0.582. The van der Waals surface area contributed by atoms with Gasteiger partial charge in [-0.05, 0) is 35.9 Å². The van der Waals surface area contributed by atoms with Gasteiger partial charge in [-0.3, -0.25) is 14.4 Å². The van der Waals surface area contributed by atoms with Gasteiger partial charge in [0.05, 0.1) is 29.5 Å². The summed E-state index contributed by atoms with van der Waals surface area (Å²) >= 11 is 0. The van der Waals surface area contributed by atoms with Crippen LogP contribution in [0.1, 0.15) is 28.2 Å². The molecular formula is C22H15F2N7O2. The summed E-state index contributed by atoms with van der Waals surface area (Å²) in [5, 5.41) is 16.0. The van der Waals surface area contributed by atoms with Gasteiger partial charge in [-0.25, -0.2) is 4.52 Å². The molecule has 5 heterocycles. The Morgan fingerprint density at radius 3 is 2.79 bits per heavy atom. The van der Waals surface area contributed by atoms with E-state index in [-0.39, 0.29) is 11.8 Å². The second-order valence-corrected chi connectivity index (χ2v) is 7.63. The van der Waals surface area contributed by atoms with Crippen molar-refractivity contribution in [1.29, 1.82) is 0 Å². The average Bonchev–Trinajstić information content (AvgIpc) is 3.59. The quantitative estimate of drug-likeness (QED) is 0.415. The highest BCUT2D eigenvalue weighted by molar-refractivity contribution is 6.11. The number of nitrogens with zero attached hydrogens (tertiary/aromatic N) is 7. The van der Waals surface area contributed by atoms with E-state index in [0.29, 0.717) is 23.5 Å². The van der Waals surface area contributed by atoms with Crippen LogP contribution in [0.5, 0.6) is 0 Å². The third-order valence-corrected chi connectivity index (χ3v) is 5.55. The molecule has 5 aromatic rings. The van der Waals surface area contributed by atoms with Gasteiger partial charge in [0.15, 0.2) is 5.82 Å². The summed E-state index contributed by atoms with van der Waals surface area (Å²) in [4.78, 5) is 15.0. The zero-order chi connectivity index (χ0) is 22.7. The fraction of sp³-hybridized carbons (Fsp3) is 0.136. The van der Waals surface area contributed by atoms with Gasteiger partial charge >= 0.3 is 6.43 Å². The number of fused-ring (bicyclic) bond motifs is 2. The fourth-order valence-corrected chi connectivity index (χ4v) is 4.05. The lowest BCUT2D eigenvalue weighted by Gasteiger charge is -2.15. The first-order chi connectivity index (χ1) is 16.0. The summed E-state index contributed by atoms with van der Waals surface area (Å²) in [6, 6.07) is 12.7. The molecule has 0 saturated carbocycles. The molecule has 0 radical (unpaired) electrons. The number of anilines is 1. The van der Waals surface area contributed by atoms with Crippen molar-refractivity contribution in [2.24, 2.45) is 7.05 Å². The van der Waals surface area contributed by atoms with Crippen molar-refractivity contribution >= 4 is 17.2 Å². The Balaban J connectivity index is 1.40. The van der Waals surface area contributed by atoms with Crippen LogP contribution in [-0.4, -0.2) is 35.5 Å². The molecule has 1 aliphatic heterocycles. The Morgan fingerprint density at radius 2 is 1.97 bits per heavy atom. The third-order valence-electron chi connectivity index (χ3n) is 5.55. The van der Waals surface area contributed by atoms with Crippen LogP contribution >= 0.6 is 0 Å². The largest absolute Gasteiger partial charge is 0.415 e. The number of benzene rings is 1. The van der Waals surface area contributed by atoms with E-state index in [1.54, 1.807) is 45.5 Å². The lowest BCUT2D eigenvalue weighted by atomic mass is 10.1. The molecule has 33 heavy (non-hydrogen) atoms. The monoisotopic (exact) mass is 447 g/mol. The molecule has 9 nitrogen and oxygen atoms in total. The van der Waals surface area contributed by atoms with E-state index >= 15 is 0 Å². The number of hydrogen-bond donors (Lipinski definition) is 0. The number of carbonyl (C=O) groups is 1. The third kappa shape index (κ3) is 3.00. The molecule has 0 aliphatic carbocycles. The van der Waals surface area contributed by atoms with Crippen LogP contribution in [0.3, 0.4) is 0 Å². The van der Waals surface area contributed by atoms with Gasteiger partial charge in [0.1, 0.15) is 0 Å². The van der Waals surface area contributed by atoms with Gasteiger partial charge in [-0.2, -0.15) is 19.0 Å². The maximum Gasteiger partial charge on any atom is 0.314 e. The number of amides is 1. The van der Waals surface area contributed by atoms with Crippen molar-refractivity contribution in [2.45, 2.75) is 13.0 Å². The lowest BCUT2D eigenvalue weighted by molar-refractivity contribution is 0.0995. The zero-order valence-electron chi connectivity index (χ0n) is 17.2. The van der Waals surface area contributed by atoms with Crippen molar-refractivity contribution in [3.63, 3.8) is 0 Å². The second kappa shape index (κ2) is 7.05. The number of rotatable bonds is 4. The minimum atomic E-state index is -2.86. The molecule has 0 spiro atoms. The standard InChI is InChI=1S/C22H15F2N7O2/c1-29-11-16(17-4-2-3-14-7-8-25-31(14)17)19(28-29)30-10-13-6-5-12(9-15(13)22(30)32)20-26-27-21(33-20)18(23)24/h2-9,11,18H,10H2,1H3. The Hall–Kier alpha value is -4.41. The van der Waals surface area contributed by atoms with Gasteiger partial charge < -0.3 is 4.42 Å². The fourth-order valence-electron chi connectivity index (χ4n) is 4.05. The van der Waals surface area contributed by atoms with Gasteiger partial charge in [-0.1, -0.05) is 12.1 Å². The van der Waals surface area contributed by atoms with Crippen LogP contribution in [0.4, 0.5) is 14.6 Å². The van der Waals surface area contributed by atoms with Crippen LogP contribution in [0, 0.1) is 0 Å². The molecule has 0 N–H and O–H groups in total. The van der Waals surface area contributed by atoms with Crippen molar-refractivity contribution in [1.82, 2.24) is 29.6 Å². The summed E-state index contributed by atoms with van der Waals surface area (Å²) < 4.78 is 34.1. The van der Waals surface area contributed by atoms with Crippen molar-refractivity contribution < 1.29 is 18.0 Å². The second-order valence-electron chi connectivity index (χ2n) is 7.63. The number of carbonyl (C=O) groups excluding carboxylic acids is 1. The Labute approximate surface area is 184 Å². The predicted molar refractivity (Wildman–Crippen MR) is 113 cm³/mol. The molecule has 0 saturated heterocycles. The molecule has 4 aromatic heterocycles. The highest BCUT2D eigenvalue weighted by Gasteiger charge is 2.33. The molecule has 0 fully saturated rings. The van der Waals surface area contributed by atoms with E-state index in [4.69, 9.17) is 4.42 Å². The van der Waals surface area contributed by atoms with Gasteiger partial charge in [0.25, 0.3) is 11.8 Å². The average molecular weight is 447 g/mol. The van der Waals surface area contributed by atoms with Crippen LogP contribution in [0.15, 0.2) is 59.3 Å². The van der Waals surface area contributed by atoms with Crippen LogP contribution in [-0.2, 0) is 13.6 Å². The van der Waals surface area contributed by atoms with E-state index in [2.05, 4.69) is 20.4 Å². The molecular weight excluding hydrogens is 432 g/mol. The normalized spacial score (nSPS) is 13.5. The van der Waals surface area contributed by atoms with E-state index < -0.39 is 12.3 Å². The van der Waals surface area contributed by atoms with Crippen molar-refractivity contribution in [3.8, 4) is 22.7 Å². The topological polar surface area (TPSA) is 94.4 Å². The number of alkyl halides is 2. The van der Waals surface area contributed by atoms with Crippen LogP contribution in [0.25, 0.3) is 28.2 Å². The maximum atomic E-state index is 13.4. The molecule has 0 atom stereocenters. The summed E-state index contributed by atoms with van der Waals surface area (Å²) in [5.41, 5.74) is 4.09. The first-order valence-corrected chi connectivity index (χ1v) is 10.0. The smallest absolute Gasteiger partial charge is 0.314 e. The Morgan fingerprint density at radius 1 is 1.09 bits per heavy atom. The molecule has 6 rings (SSSR count). The molecule has 1 amide bonds. The van der Waals surface area contributed by atoms with Gasteiger partial charge in [0.2, 0.25) is 5.89 Å². The molecule has 1 aromatic carbocycles. The molecule has 1 aliphatic rings. The van der Waals surface area contributed by atoms with Gasteiger partial charge in [0, 0.05) is 24.4 Å². The number of aromatic nitrogens is 6. The minimum Gasteiger partial charge on any atom is -0.415 e.